The van der Waals surface area contributed by atoms with E-state index in [1.165, 1.54) is 10.4 Å². The number of halogens is 1. The van der Waals surface area contributed by atoms with Crippen molar-refractivity contribution in [2.24, 2.45) is 0 Å². The van der Waals surface area contributed by atoms with Gasteiger partial charge in [-0.3, -0.25) is 0 Å². The van der Waals surface area contributed by atoms with E-state index in [0.29, 0.717) is 6.04 Å². The Morgan fingerprint density at radius 2 is 1.95 bits per heavy atom. The Balaban J connectivity index is 1.91. The van der Waals surface area contributed by atoms with Gasteiger partial charge >= 0.3 is 0 Å². The summed E-state index contributed by atoms with van der Waals surface area (Å²) in [5.41, 5.74) is 3.49. The Labute approximate surface area is 125 Å². The SMILES string of the molecule is Oc1cc2c(cc1O)C1c3sc(Cl)cc3CNC1CC2. The summed E-state index contributed by atoms with van der Waals surface area (Å²) in [6.45, 7) is 0.860. The van der Waals surface area contributed by atoms with Crippen molar-refractivity contribution in [3.8, 4) is 11.5 Å². The average Bonchev–Trinajstić information content (AvgIpc) is 2.80. The lowest BCUT2D eigenvalue weighted by atomic mass is 9.75. The first-order valence-electron chi connectivity index (χ1n) is 6.69. The van der Waals surface area contributed by atoms with Crippen LogP contribution in [0.5, 0.6) is 11.5 Å². The van der Waals surface area contributed by atoms with E-state index in [1.807, 2.05) is 6.07 Å². The molecule has 1 aromatic carbocycles. The lowest BCUT2D eigenvalue weighted by Gasteiger charge is -2.38. The molecule has 1 aliphatic heterocycles. The number of nitrogens with one attached hydrogen (secondary N) is 1. The maximum atomic E-state index is 9.83. The van der Waals surface area contributed by atoms with Crippen LogP contribution in [0.2, 0.25) is 4.34 Å². The van der Waals surface area contributed by atoms with Crippen molar-refractivity contribution in [1.82, 2.24) is 5.32 Å². The number of benzene rings is 1. The van der Waals surface area contributed by atoms with E-state index >= 15 is 0 Å². The standard InChI is InChI=1S/C15H14ClNO2S/c16-13-4-8-6-17-10-2-1-7-3-11(18)12(19)5-9(7)14(10)15(8)20-13/h3-5,10,14,17-19H,1-2,6H2. The number of aromatic hydroxyl groups is 2. The largest absolute Gasteiger partial charge is 0.504 e. The fourth-order valence-electron chi connectivity index (χ4n) is 3.43. The first-order valence-corrected chi connectivity index (χ1v) is 7.89. The number of fused-ring (bicyclic) bond motifs is 5. The van der Waals surface area contributed by atoms with Crippen LogP contribution in [0, 0.1) is 0 Å². The maximum Gasteiger partial charge on any atom is 0.157 e. The van der Waals surface area contributed by atoms with Crippen LogP contribution in [-0.2, 0) is 13.0 Å². The van der Waals surface area contributed by atoms with Crippen molar-refractivity contribution in [3.63, 3.8) is 0 Å². The van der Waals surface area contributed by atoms with Gasteiger partial charge in [-0.1, -0.05) is 11.6 Å². The molecule has 0 bridgehead atoms. The molecule has 0 saturated carbocycles. The smallest absolute Gasteiger partial charge is 0.157 e. The molecule has 5 heteroatoms. The van der Waals surface area contributed by atoms with Crippen molar-refractivity contribution in [1.29, 1.82) is 0 Å². The summed E-state index contributed by atoms with van der Waals surface area (Å²) in [5.74, 6) is 0.154. The van der Waals surface area contributed by atoms with E-state index < -0.39 is 0 Å². The van der Waals surface area contributed by atoms with Crippen LogP contribution < -0.4 is 5.32 Å². The molecule has 2 atom stereocenters. The van der Waals surface area contributed by atoms with Crippen molar-refractivity contribution >= 4 is 22.9 Å². The molecule has 2 aliphatic rings. The molecular formula is C15H14ClNO2S. The summed E-state index contributed by atoms with van der Waals surface area (Å²) in [6.07, 6.45) is 1.96. The third-order valence-electron chi connectivity index (χ3n) is 4.35. The molecule has 2 unspecified atom stereocenters. The van der Waals surface area contributed by atoms with Crippen LogP contribution in [-0.4, -0.2) is 16.3 Å². The highest BCUT2D eigenvalue weighted by molar-refractivity contribution is 7.16. The molecule has 3 nitrogen and oxygen atoms in total. The van der Waals surface area contributed by atoms with Crippen LogP contribution in [0.25, 0.3) is 0 Å². The molecule has 0 fully saturated rings. The second-order valence-electron chi connectivity index (χ2n) is 5.48. The number of aryl methyl sites for hydroxylation is 1. The van der Waals surface area contributed by atoms with Crippen molar-refractivity contribution < 1.29 is 10.2 Å². The summed E-state index contributed by atoms with van der Waals surface area (Å²) < 4.78 is 0.813. The fraction of sp³-hybridized carbons (Fsp3) is 0.333. The lowest BCUT2D eigenvalue weighted by molar-refractivity contribution is 0.383. The Kier molecular flexibility index (Phi) is 2.74. The number of hydrogen-bond donors (Lipinski definition) is 3. The Hall–Kier alpha value is -1.23. The molecule has 104 valence electrons. The van der Waals surface area contributed by atoms with Gasteiger partial charge in [0, 0.05) is 23.4 Å². The van der Waals surface area contributed by atoms with Crippen molar-refractivity contribution in [2.45, 2.75) is 31.3 Å². The Morgan fingerprint density at radius 3 is 2.80 bits per heavy atom. The lowest BCUT2D eigenvalue weighted by Crippen LogP contribution is -2.41. The van der Waals surface area contributed by atoms with Crippen molar-refractivity contribution in [2.75, 3.05) is 0 Å². The molecule has 0 saturated heterocycles. The summed E-state index contributed by atoms with van der Waals surface area (Å²) >= 11 is 7.80. The first kappa shape index (κ1) is 12.5. The first-order chi connectivity index (χ1) is 9.63. The fourth-order valence-corrected chi connectivity index (χ4v) is 4.90. The van der Waals surface area contributed by atoms with E-state index in [9.17, 15) is 10.2 Å². The van der Waals surface area contributed by atoms with Crippen LogP contribution in [0.3, 0.4) is 0 Å². The molecule has 20 heavy (non-hydrogen) atoms. The number of rotatable bonds is 0. The Bertz CT molecular complexity index is 697. The van der Waals surface area contributed by atoms with Gasteiger partial charge in [0.05, 0.1) is 4.34 Å². The number of phenolic OH excluding ortho intramolecular Hbond substituents is 2. The minimum Gasteiger partial charge on any atom is -0.504 e. The van der Waals surface area contributed by atoms with E-state index in [0.717, 1.165) is 34.8 Å². The monoisotopic (exact) mass is 307 g/mol. The zero-order valence-electron chi connectivity index (χ0n) is 10.7. The van der Waals surface area contributed by atoms with E-state index in [2.05, 4.69) is 5.32 Å². The summed E-state index contributed by atoms with van der Waals surface area (Å²) in [5, 5.41) is 23.1. The Morgan fingerprint density at radius 1 is 1.15 bits per heavy atom. The van der Waals surface area contributed by atoms with Gasteiger partial charge in [0.1, 0.15) is 0 Å². The average molecular weight is 308 g/mol. The van der Waals surface area contributed by atoms with Crippen LogP contribution in [0.15, 0.2) is 18.2 Å². The molecule has 0 radical (unpaired) electrons. The van der Waals surface area contributed by atoms with Gasteiger partial charge in [-0.15, -0.1) is 11.3 Å². The second kappa shape index (κ2) is 4.38. The van der Waals surface area contributed by atoms with Gasteiger partial charge in [0.2, 0.25) is 0 Å². The van der Waals surface area contributed by atoms with E-state index in [1.54, 1.807) is 23.5 Å². The minimum atomic E-state index is -0.0424. The zero-order valence-corrected chi connectivity index (χ0v) is 12.3. The van der Waals surface area contributed by atoms with Crippen LogP contribution in [0.1, 0.15) is 33.9 Å². The van der Waals surface area contributed by atoms with Crippen LogP contribution in [0.4, 0.5) is 0 Å². The molecule has 4 rings (SSSR count). The molecule has 0 amide bonds. The highest BCUT2D eigenvalue weighted by Crippen LogP contribution is 2.47. The summed E-state index contributed by atoms with van der Waals surface area (Å²) in [6, 6.07) is 5.82. The third-order valence-corrected chi connectivity index (χ3v) is 5.74. The quantitative estimate of drug-likeness (QED) is 0.654. The molecule has 0 spiro atoms. The number of hydrogen-bond acceptors (Lipinski definition) is 4. The molecule has 2 aromatic rings. The molecule has 1 aliphatic carbocycles. The van der Waals surface area contributed by atoms with Gasteiger partial charge in [-0.2, -0.15) is 0 Å². The topological polar surface area (TPSA) is 52.5 Å². The van der Waals surface area contributed by atoms with E-state index in [-0.39, 0.29) is 17.4 Å². The second-order valence-corrected chi connectivity index (χ2v) is 7.20. The van der Waals surface area contributed by atoms with E-state index in [4.69, 9.17) is 11.6 Å². The predicted octanol–water partition coefficient (Wildman–Crippen LogP) is 3.36. The molecule has 1 aromatic heterocycles. The van der Waals surface area contributed by atoms with Gasteiger partial charge in [0.15, 0.2) is 11.5 Å². The molecular weight excluding hydrogens is 294 g/mol. The number of thiophene rings is 1. The zero-order chi connectivity index (χ0) is 13.9. The van der Waals surface area contributed by atoms with Gasteiger partial charge in [-0.05, 0) is 47.7 Å². The highest BCUT2D eigenvalue weighted by atomic mass is 35.5. The number of phenols is 2. The van der Waals surface area contributed by atoms with Crippen LogP contribution >= 0.6 is 22.9 Å². The normalized spacial score (nSPS) is 23.9. The van der Waals surface area contributed by atoms with Gasteiger partial charge in [0.25, 0.3) is 0 Å². The summed E-state index contributed by atoms with van der Waals surface area (Å²) in [7, 11) is 0. The van der Waals surface area contributed by atoms with Crippen molar-refractivity contribution in [3.05, 3.63) is 44.1 Å². The molecule has 3 N–H and O–H groups in total. The van der Waals surface area contributed by atoms with Gasteiger partial charge < -0.3 is 15.5 Å². The van der Waals surface area contributed by atoms with Gasteiger partial charge in [-0.25, -0.2) is 0 Å². The molecule has 2 heterocycles. The predicted molar refractivity (Wildman–Crippen MR) is 79.9 cm³/mol. The highest BCUT2D eigenvalue weighted by Gasteiger charge is 2.36. The third kappa shape index (κ3) is 1.75. The summed E-state index contributed by atoms with van der Waals surface area (Å²) in [4.78, 5) is 1.30. The minimum absolute atomic E-state index is 0.0320. The maximum absolute atomic E-state index is 9.83.